The topological polar surface area (TPSA) is 42.2 Å². The van der Waals surface area contributed by atoms with Crippen LogP contribution in [0.15, 0.2) is 24.3 Å². The van der Waals surface area contributed by atoms with Crippen molar-refractivity contribution in [2.75, 3.05) is 18.0 Å². The molecular formula is C14H19N3S. The first kappa shape index (κ1) is 11.9. The van der Waals surface area contributed by atoms with Gasteiger partial charge in [-0.3, -0.25) is 0 Å². The van der Waals surface area contributed by atoms with Crippen molar-refractivity contribution >= 4 is 26.7 Å². The maximum Gasteiger partial charge on any atom is 0.186 e. The van der Waals surface area contributed by atoms with Gasteiger partial charge < -0.3 is 10.6 Å². The standard InChI is InChI=1S/C14H19N3S/c1-2-5-10-8-17(9-11(10)15)14-16-12-6-3-4-7-13(12)18-14/h3-4,6-7,10-11H,2,5,8-9,15H2,1H3/t10-,11-/m1/s1. The van der Waals surface area contributed by atoms with E-state index in [-0.39, 0.29) is 0 Å². The van der Waals surface area contributed by atoms with Crippen LogP contribution < -0.4 is 10.6 Å². The Morgan fingerprint density at radius 3 is 3.00 bits per heavy atom. The Balaban J connectivity index is 1.83. The van der Waals surface area contributed by atoms with Crippen LogP contribution in [-0.4, -0.2) is 24.1 Å². The van der Waals surface area contributed by atoms with E-state index in [4.69, 9.17) is 10.7 Å². The number of para-hydroxylation sites is 1. The van der Waals surface area contributed by atoms with Crippen LogP contribution in [0, 0.1) is 5.92 Å². The second-order valence-electron chi connectivity index (χ2n) is 5.08. The summed E-state index contributed by atoms with van der Waals surface area (Å²) in [6.07, 6.45) is 2.44. The summed E-state index contributed by atoms with van der Waals surface area (Å²) < 4.78 is 1.26. The van der Waals surface area contributed by atoms with E-state index in [0.29, 0.717) is 12.0 Å². The van der Waals surface area contributed by atoms with E-state index in [1.807, 2.05) is 6.07 Å². The number of benzene rings is 1. The van der Waals surface area contributed by atoms with E-state index < -0.39 is 0 Å². The second kappa shape index (κ2) is 4.86. The Labute approximate surface area is 112 Å². The van der Waals surface area contributed by atoms with Crippen molar-refractivity contribution in [1.29, 1.82) is 0 Å². The fourth-order valence-electron chi connectivity index (χ4n) is 2.72. The second-order valence-corrected chi connectivity index (χ2v) is 6.09. The summed E-state index contributed by atoms with van der Waals surface area (Å²) in [5.41, 5.74) is 7.32. The van der Waals surface area contributed by atoms with E-state index in [2.05, 4.69) is 30.0 Å². The molecule has 2 atom stereocenters. The van der Waals surface area contributed by atoms with Gasteiger partial charge in [-0.1, -0.05) is 36.8 Å². The first-order valence-electron chi connectivity index (χ1n) is 6.64. The molecule has 0 unspecified atom stereocenters. The molecule has 0 amide bonds. The van der Waals surface area contributed by atoms with E-state index in [9.17, 15) is 0 Å². The maximum absolute atomic E-state index is 6.22. The van der Waals surface area contributed by atoms with Crippen LogP contribution in [0.3, 0.4) is 0 Å². The monoisotopic (exact) mass is 261 g/mol. The molecule has 3 nitrogen and oxygen atoms in total. The van der Waals surface area contributed by atoms with Crippen LogP contribution in [0.4, 0.5) is 5.13 Å². The van der Waals surface area contributed by atoms with E-state index in [1.54, 1.807) is 11.3 Å². The predicted molar refractivity (Wildman–Crippen MR) is 78.2 cm³/mol. The lowest BCUT2D eigenvalue weighted by Crippen LogP contribution is -2.29. The number of thiazole rings is 1. The molecule has 0 radical (unpaired) electrons. The van der Waals surface area contributed by atoms with Gasteiger partial charge in [-0.2, -0.15) is 0 Å². The molecule has 1 aliphatic heterocycles. The van der Waals surface area contributed by atoms with E-state index in [1.165, 1.54) is 17.5 Å². The van der Waals surface area contributed by atoms with Crippen LogP contribution in [0.2, 0.25) is 0 Å². The van der Waals surface area contributed by atoms with Crippen molar-refractivity contribution in [3.8, 4) is 0 Å². The Bertz CT molecular complexity index is 504. The molecule has 0 saturated carbocycles. The van der Waals surface area contributed by atoms with Gasteiger partial charge >= 0.3 is 0 Å². The summed E-state index contributed by atoms with van der Waals surface area (Å²) in [5.74, 6) is 0.627. The molecule has 1 saturated heterocycles. The van der Waals surface area contributed by atoms with Crippen LogP contribution >= 0.6 is 11.3 Å². The highest BCUT2D eigenvalue weighted by Gasteiger charge is 2.30. The fourth-order valence-corrected chi connectivity index (χ4v) is 3.71. The molecule has 1 aliphatic rings. The zero-order chi connectivity index (χ0) is 12.5. The number of fused-ring (bicyclic) bond motifs is 1. The summed E-state index contributed by atoms with van der Waals surface area (Å²) in [4.78, 5) is 7.07. The molecule has 18 heavy (non-hydrogen) atoms. The molecule has 96 valence electrons. The number of hydrogen-bond donors (Lipinski definition) is 1. The van der Waals surface area contributed by atoms with Crippen LogP contribution in [0.5, 0.6) is 0 Å². The van der Waals surface area contributed by atoms with Crippen molar-refractivity contribution in [3.63, 3.8) is 0 Å². The minimum atomic E-state index is 0.303. The highest BCUT2D eigenvalue weighted by molar-refractivity contribution is 7.22. The van der Waals surface area contributed by atoms with Crippen LogP contribution in [0.25, 0.3) is 10.2 Å². The molecule has 0 aliphatic carbocycles. The Morgan fingerprint density at radius 1 is 1.39 bits per heavy atom. The van der Waals surface area contributed by atoms with Gasteiger partial charge in [-0.15, -0.1) is 0 Å². The molecule has 2 aromatic rings. The molecule has 2 N–H and O–H groups in total. The molecule has 1 aromatic carbocycles. The van der Waals surface area contributed by atoms with Gasteiger partial charge in [0.25, 0.3) is 0 Å². The first-order valence-corrected chi connectivity index (χ1v) is 7.45. The highest BCUT2D eigenvalue weighted by Crippen LogP contribution is 2.32. The van der Waals surface area contributed by atoms with Gasteiger partial charge in [-0.25, -0.2) is 4.98 Å². The molecule has 4 heteroatoms. The van der Waals surface area contributed by atoms with Gasteiger partial charge in [0.2, 0.25) is 0 Å². The predicted octanol–water partition coefficient (Wildman–Crippen LogP) is 2.86. The third-order valence-corrected chi connectivity index (χ3v) is 4.80. The summed E-state index contributed by atoms with van der Waals surface area (Å²) in [6.45, 7) is 4.24. The summed E-state index contributed by atoms with van der Waals surface area (Å²) in [7, 11) is 0. The molecule has 1 fully saturated rings. The first-order chi connectivity index (χ1) is 8.78. The van der Waals surface area contributed by atoms with E-state index in [0.717, 1.165) is 23.7 Å². The Morgan fingerprint density at radius 2 is 2.22 bits per heavy atom. The largest absolute Gasteiger partial charge is 0.346 e. The lowest BCUT2D eigenvalue weighted by Gasteiger charge is -2.13. The number of nitrogens with two attached hydrogens (primary N) is 1. The Kier molecular flexibility index (Phi) is 3.22. The summed E-state index contributed by atoms with van der Waals surface area (Å²) in [5, 5.41) is 1.13. The Hall–Kier alpha value is -1.13. The zero-order valence-electron chi connectivity index (χ0n) is 10.7. The van der Waals surface area contributed by atoms with Crippen molar-refractivity contribution < 1.29 is 0 Å². The van der Waals surface area contributed by atoms with Gasteiger partial charge in [0.05, 0.1) is 10.2 Å². The van der Waals surface area contributed by atoms with E-state index >= 15 is 0 Å². The highest BCUT2D eigenvalue weighted by atomic mass is 32.1. The zero-order valence-corrected chi connectivity index (χ0v) is 11.5. The molecular weight excluding hydrogens is 242 g/mol. The normalized spacial score (nSPS) is 24.0. The molecule has 0 spiro atoms. The third-order valence-electron chi connectivity index (χ3n) is 3.70. The molecule has 3 rings (SSSR count). The summed E-state index contributed by atoms with van der Waals surface area (Å²) in [6, 6.07) is 8.63. The third kappa shape index (κ3) is 2.10. The number of nitrogens with zero attached hydrogens (tertiary/aromatic N) is 2. The van der Waals surface area contributed by atoms with Crippen molar-refractivity contribution in [2.45, 2.75) is 25.8 Å². The number of hydrogen-bond acceptors (Lipinski definition) is 4. The number of rotatable bonds is 3. The minimum absolute atomic E-state index is 0.303. The lowest BCUT2D eigenvalue weighted by atomic mass is 9.99. The molecule has 2 heterocycles. The van der Waals surface area contributed by atoms with Gasteiger partial charge in [0.15, 0.2) is 5.13 Å². The SMILES string of the molecule is CCC[C@@H]1CN(c2nc3ccccc3s2)C[C@H]1N. The van der Waals surface area contributed by atoms with Gasteiger partial charge in [0, 0.05) is 19.1 Å². The maximum atomic E-state index is 6.22. The van der Waals surface area contributed by atoms with Crippen LogP contribution in [-0.2, 0) is 0 Å². The minimum Gasteiger partial charge on any atom is -0.346 e. The smallest absolute Gasteiger partial charge is 0.186 e. The lowest BCUT2D eigenvalue weighted by molar-refractivity contribution is 0.472. The average molecular weight is 261 g/mol. The molecule has 0 bridgehead atoms. The number of aromatic nitrogens is 1. The average Bonchev–Trinajstić information content (AvgIpc) is 2.94. The van der Waals surface area contributed by atoms with Crippen molar-refractivity contribution in [1.82, 2.24) is 4.98 Å². The fraction of sp³-hybridized carbons (Fsp3) is 0.500. The molecule has 1 aromatic heterocycles. The van der Waals surface area contributed by atoms with Crippen molar-refractivity contribution in [2.24, 2.45) is 11.7 Å². The van der Waals surface area contributed by atoms with Gasteiger partial charge in [0.1, 0.15) is 0 Å². The quantitative estimate of drug-likeness (QED) is 0.923. The summed E-state index contributed by atoms with van der Waals surface area (Å²) >= 11 is 1.78. The number of anilines is 1. The van der Waals surface area contributed by atoms with Crippen LogP contribution in [0.1, 0.15) is 19.8 Å². The van der Waals surface area contributed by atoms with Gasteiger partial charge in [-0.05, 0) is 24.5 Å². The van der Waals surface area contributed by atoms with Crippen molar-refractivity contribution in [3.05, 3.63) is 24.3 Å².